The van der Waals surface area contributed by atoms with E-state index in [1.54, 1.807) is 29.2 Å². The van der Waals surface area contributed by atoms with Gasteiger partial charge in [0.25, 0.3) is 5.91 Å². The number of halogens is 3. The van der Waals surface area contributed by atoms with E-state index in [0.717, 1.165) is 17.8 Å². The lowest BCUT2D eigenvalue weighted by Crippen LogP contribution is -2.30. The van der Waals surface area contributed by atoms with Crippen molar-refractivity contribution in [1.29, 1.82) is 0 Å². The third kappa shape index (κ3) is 5.87. The number of para-hydroxylation sites is 1. The summed E-state index contributed by atoms with van der Waals surface area (Å²) in [5.74, 6) is -0.698. The quantitative estimate of drug-likeness (QED) is 0.515. The normalized spacial score (nSPS) is 11.0. The van der Waals surface area contributed by atoms with Crippen LogP contribution in [0.1, 0.15) is 22.8 Å². The van der Waals surface area contributed by atoms with Crippen molar-refractivity contribution in [2.45, 2.75) is 13.1 Å². The number of amides is 2. The summed E-state index contributed by atoms with van der Waals surface area (Å²) < 4.78 is 38.4. The minimum atomic E-state index is -4.49. The predicted octanol–water partition coefficient (Wildman–Crippen LogP) is 5.42. The molecule has 5 nitrogen and oxygen atoms in total. The van der Waals surface area contributed by atoms with E-state index in [2.05, 4.69) is 10.6 Å². The van der Waals surface area contributed by atoms with Gasteiger partial charge >= 0.3 is 6.18 Å². The van der Waals surface area contributed by atoms with Gasteiger partial charge in [0.15, 0.2) is 0 Å². The molecule has 0 fully saturated rings. The number of benzene rings is 3. The van der Waals surface area contributed by atoms with Crippen LogP contribution in [0, 0.1) is 0 Å². The molecule has 0 bridgehead atoms. The highest BCUT2D eigenvalue weighted by Crippen LogP contribution is 2.30. The first kappa shape index (κ1) is 22.9. The van der Waals surface area contributed by atoms with Crippen molar-refractivity contribution in [3.05, 3.63) is 90.0 Å². The smallest absolute Gasteiger partial charge is 0.376 e. The number of anilines is 3. The molecule has 166 valence electrons. The molecule has 0 aromatic heterocycles. The van der Waals surface area contributed by atoms with Crippen molar-refractivity contribution in [2.75, 3.05) is 28.6 Å². The maximum Gasteiger partial charge on any atom is 0.416 e. The van der Waals surface area contributed by atoms with E-state index in [0.29, 0.717) is 17.8 Å². The average molecular weight is 441 g/mol. The first-order valence-electron chi connectivity index (χ1n) is 9.96. The minimum absolute atomic E-state index is 0.0528. The van der Waals surface area contributed by atoms with E-state index in [-0.39, 0.29) is 18.1 Å². The summed E-state index contributed by atoms with van der Waals surface area (Å²) in [7, 11) is 0. The highest BCUT2D eigenvalue weighted by atomic mass is 19.4. The van der Waals surface area contributed by atoms with Crippen LogP contribution in [0.25, 0.3) is 0 Å². The molecule has 32 heavy (non-hydrogen) atoms. The zero-order valence-electron chi connectivity index (χ0n) is 17.3. The zero-order valence-corrected chi connectivity index (χ0v) is 17.3. The molecule has 0 aliphatic heterocycles. The number of rotatable bonds is 7. The highest BCUT2D eigenvalue weighted by Gasteiger charge is 2.30. The lowest BCUT2D eigenvalue weighted by molar-refractivity contribution is -0.137. The Hall–Kier alpha value is -3.81. The van der Waals surface area contributed by atoms with Crippen molar-refractivity contribution in [3.8, 4) is 0 Å². The van der Waals surface area contributed by atoms with Gasteiger partial charge in [-0.05, 0) is 55.5 Å². The molecule has 3 rings (SSSR count). The molecule has 0 heterocycles. The van der Waals surface area contributed by atoms with Crippen LogP contribution < -0.4 is 15.5 Å². The van der Waals surface area contributed by atoms with Crippen LogP contribution in [0.15, 0.2) is 78.9 Å². The van der Waals surface area contributed by atoms with Crippen LogP contribution in [0.4, 0.5) is 30.2 Å². The zero-order chi connectivity index (χ0) is 23.1. The summed E-state index contributed by atoms with van der Waals surface area (Å²) >= 11 is 0. The Morgan fingerprint density at radius 3 is 2.25 bits per heavy atom. The lowest BCUT2D eigenvalue weighted by Gasteiger charge is -2.21. The van der Waals surface area contributed by atoms with Gasteiger partial charge in [0.1, 0.15) is 0 Å². The average Bonchev–Trinajstić information content (AvgIpc) is 2.79. The van der Waals surface area contributed by atoms with Crippen LogP contribution in [-0.4, -0.2) is 24.9 Å². The van der Waals surface area contributed by atoms with E-state index in [1.165, 1.54) is 12.1 Å². The molecule has 0 aliphatic rings. The third-order valence-electron chi connectivity index (χ3n) is 4.67. The fourth-order valence-corrected chi connectivity index (χ4v) is 3.13. The fourth-order valence-electron chi connectivity index (χ4n) is 3.13. The van der Waals surface area contributed by atoms with E-state index < -0.39 is 17.6 Å². The maximum atomic E-state index is 12.9. The summed E-state index contributed by atoms with van der Waals surface area (Å²) in [6.45, 7) is 2.19. The van der Waals surface area contributed by atoms with Gasteiger partial charge in [-0.25, -0.2) is 0 Å². The monoisotopic (exact) mass is 441 g/mol. The van der Waals surface area contributed by atoms with Gasteiger partial charge in [-0.2, -0.15) is 13.2 Å². The van der Waals surface area contributed by atoms with Crippen molar-refractivity contribution in [3.63, 3.8) is 0 Å². The van der Waals surface area contributed by atoms with Crippen LogP contribution in [0.2, 0.25) is 0 Å². The molecule has 0 saturated heterocycles. The first-order valence-corrected chi connectivity index (χ1v) is 9.96. The van der Waals surface area contributed by atoms with Crippen LogP contribution >= 0.6 is 0 Å². The molecule has 0 spiro atoms. The second-order valence-corrected chi connectivity index (χ2v) is 6.95. The van der Waals surface area contributed by atoms with E-state index in [1.807, 2.05) is 37.3 Å². The van der Waals surface area contributed by atoms with Crippen LogP contribution in [0.3, 0.4) is 0 Å². The van der Waals surface area contributed by atoms with Crippen LogP contribution in [-0.2, 0) is 11.0 Å². The van der Waals surface area contributed by atoms with Crippen molar-refractivity contribution < 1.29 is 22.8 Å². The Kier molecular flexibility index (Phi) is 7.14. The highest BCUT2D eigenvalue weighted by molar-refractivity contribution is 6.06. The Balaban J connectivity index is 1.64. The van der Waals surface area contributed by atoms with Crippen molar-refractivity contribution >= 4 is 28.9 Å². The van der Waals surface area contributed by atoms with Gasteiger partial charge in [-0.1, -0.05) is 30.3 Å². The number of nitrogens with zero attached hydrogens (tertiary/aromatic N) is 1. The maximum absolute atomic E-state index is 12.9. The van der Waals surface area contributed by atoms with Crippen molar-refractivity contribution in [2.24, 2.45) is 0 Å². The van der Waals surface area contributed by atoms with Gasteiger partial charge in [-0.15, -0.1) is 0 Å². The summed E-state index contributed by atoms with van der Waals surface area (Å²) in [5.41, 5.74) is 0.974. The third-order valence-corrected chi connectivity index (χ3v) is 4.67. The van der Waals surface area contributed by atoms with Crippen LogP contribution in [0.5, 0.6) is 0 Å². The van der Waals surface area contributed by atoms with E-state index >= 15 is 0 Å². The number of hydrogen-bond donors (Lipinski definition) is 2. The van der Waals surface area contributed by atoms with Gasteiger partial charge in [0.05, 0.1) is 12.1 Å². The largest absolute Gasteiger partial charge is 0.416 e. The molecule has 2 N–H and O–H groups in total. The summed E-state index contributed by atoms with van der Waals surface area (Å²) in [6, 6.07) is 20.4. The molecule has 0 radical (unpaired) electrons. The van der Waals surface area contributed by atoms with Gasteiger partial charge < -0.3 is 15.5 Å². The second kappa shape index (κ2) is 10.00. The number of alkyl halides is 3. The molecule has 0 aliphatic carbocycles. The van der Waals surface area contributed by atoms with Gasteiger partial charge in [0, 0.05) is 29.2 Å². The molecule has 0 atom stereocenters. The number of nitrogens with one attached hydrogen (secondary N) is 2. The summed E-state index contributed by atoms with van der Waals surface area (Å²) in [4.78, 5) is 26.8. The number of carbonyl (C=O) groups is 2. The molecular weight excluding hydrogens is 419 g/mol. The minimum Gasteiger partial charge on any atom is -0.376 e. The topological polar surface area (TPSA) is 61.4 Å². The Bertz CT molecular complexity index is 1090. The molecular formula is C24H22F3N3O2. The Labute approximate surface area is 183 Å². The molecule has 3 aromatic carbocycles. The molecule has 0 saturated carbocycles. The first-order chi connectivity index (χ1) is 15.3. The fraction of sp³-hybridized carbons (Fsp3) is 0.167. The SMILES string of the molecule is CCN(C(=O)c1cccc(NCC(=O)Nc2cccc(C(F)(F)F)c2)c1)c1ccccc1. The summed E-state index contributed by atoms with van der Waals surface area (Å²) in [5, 5.41) is 5.33. The molecule has 3 aromatic rings. The molecule has 8 heteroatoms. The Morgan fingerprint density at radius 1 is 0.875 bits per heavy atom. The van der Waals surface area contributed by atoms with E-state index in [9.17, 15) is 22.8 Å². The number of hydrogen-bond acceptors (Lipinski definition) is 3. The van der Waals surface area contributed by atoms with Gasteiger partial charge in [-0.3, -0.25) is 9.59 Å². The standard InChI is InChI=1S/C24H22F3N3O2/c1-2-30(21-12-4-3-5-13-21)23(32)17-8-6-10-19(14-17)28-16-22(31)29-20-11-7-9-18(15-20)24(25,26)27/h3-15,28H,2,16H2,1H3,(H,29,31). The predicted molar refractivity (Wildman–Crippen MR) is 119 cm³/mol. The molecule has 2 amide bonds. The van der Waals surface area contributed by atoms with Gasteiger partial charge in [0.2, 0.25) is 5.91 Å². The lowest BCUT2D eigenvalue weighted by atomic mass is 10.1. The Morgan fingerprint density at radius 2 is 1.56 bits per heavy atom. The number of carbonyl (C=O) groups excluding carboxylic acids is 2. The van der Waals surface area contributed by atoms with Crippen molar-refractivity contribution in [1.82, 2.24) is 0 Å². The second-order valence-electron chi connectivity index (χ2n) is 6.95. The molecule has 0 unspecified atom stereocenters. The van der Waals surface area contributed by atoms with E-state index in [4.69, 9.17) is 0 Å². The summed E-state index contributed by atoms with van der Waals surface area (Å²) in [6.07, 6.45) is -4.49.